The summed E-state index contributed by atoms with van der Waals surface area (Å²) in [5, 5.41) is 0. The van der Waals surface area contributed by atoms with Crippen LogP contribution in [0.15, 0.2) is 12.1 Å². The predicted octanol–water partition coefficient (Wildman–Crippen LogP) is 2.89. The maximum atomic E-state index is 13.0. The van der Waals surface area contributed by atoms with Crippen molar-refractivity contribution in [2.24, 2.45) is 11.7 Å². The van der Waals surface area contributed by atoms with E-state index in [-0.39, 0.29) is 6.04 Å². The standard InChI is InChI=1S/C12H15F2N3/c1-6(2)3-9(15)12-16-10-4-7(13)8(14)5-11(10)17-12/h4-6,9H,3,15H2,1-2H3,(H,16,17). The highest BCUT2D eigenvalue weighted by molar-refractivity contribution is 5.75. The number of fused-ring (bicyclic) bond motifs is 1. The molecule has 1 aromatic carbocycles. The third kappa shape index (κ3) is 2.44. The molecule has 1 aromatic heterocycles. The van der Waals surface area contributed by atoms with E-state index in [0.717, 1.165) is 18.6 Å². The Morgan fingerprint density at radius 3 is 2.59 bits per heavy atom. The van der Waals surface area contributed by atoms with Gasteiger partial charge in [0, 0.05) is 12.1 Å². The Morgan fingerprint density at radius 2 is 1.94 bits per heavy atom. The maximum Gasteiger partial charge on any atom is 0.161 e. The predicted molar refractivity (Wildman–Crippen MR) is 62.4 cm³/mol. The van der Waals surface area contributed by atoms with Gasteiger partial charge in [-0.25, -0.2) is 13.8 Å². The molecule has 2 aromatic rings. The van der Waals surface area contributed by atoms with E-state index >= 15 is 0 Å². The number of nitrogens with zero attached hydrogens (tertiary/aromatic N) is 1. The summed E-state index contributed by atoms with van der Waals surface area (Å²) < 4.78 is 26.0. The van der Waals surface area contributed by atoms with Crippen LogP contribution in [0.5, 0.6) is 0 Å². The molecule has 5 heteroatoms. The average Bonchev–Trinajstić information content (AvgIpc) is 2.60. The first-order chi connectivity index (χ1) is 7.97. The molecule has 0 bridgehead atoms. The second kappa shape index (κ2) is 4.41. The minimum Gasteiger partial charge on any atom is -0.341 e. The average molecular weight is 239 g/mol. The molecule has 2 rings (SSSR count). The zero-order valence-electron chi connectivity index (χ0n) is 9.80. The Bertz CT molecular complexity index is 495. The van der Waals surface area contributed by atoms with Crippen LogP contribution in [0.4, 0.5) is 8.78 Å². The van der Waals surface area contributed by atoms with Crippen LogP contribution in [0.3, 0.4) is 0 Å². The number of rotatable bonds is 3. The summed E-state index contributed by atoms with van der Waals surface area (Å²) in [4.78, 5) is 7.11. The molecular formula is C12H15F2N3. The molecule has 0 radical (unpaired) electrons. The van der Waals surface area contributed by atoms with Gasteiger partial charge in [-0.05, 0) is 12.3 Å². The molecule has 92 valence electrons. The SMILES string of the molecule is CC(C)CC(N)c1nc2cc(F)c(F)cc2[nH]1. The maximum absolute atomic E-state index is 13.0. The van der Waals surface area contributed by atoms with Crippen LogP contribution in [0.2, 0.25) is 0 Å². The fraction of sp³-hybridized carbons (Fsp3) is 0.417. The topological polar surface area (TPSA) is 54.7 Å². The molecule has 0 spiro atoms. The molecule has 0 aliphatic rings. The summed E-state index contributed by atoms with van der Waals surface area (Å²) in [7, 11) is 0. The molecule has 0 saturated carbocycles. The zero-order valence-corrected chi connectivity index (χ0v) is 9.80. The van der Waals surface area contributed by atoms with Crippen LogP contribution in [-0.2, 0) is 0 Å². The molecule has 3 nitrogen and oxygen atoms in total. The molecule has 0 aliphatic carbocycles. The van der Waals surface area contributed by atoms with Crippen LogP contribution < -0.4 is 5.73 Å². The van der Waals surface area contributed by atoms with Crippen molar-refractivity contribution >= 4 is 11.0 Å². The van der Waals surface area contributed by atoms with Gasteiger partial charge in [0.15, 0.2) is 11.6 Å². The fourth-order valence-corrected chi connectivity index (χ4v) is 1.82. The van der Waals surface area contributed by atoms with Crippen LogP contribution in [-0.4, -0.2) is 9.97 Å². The zero-order chi connectivity index (χ0) is 12.6. The second-order valence-corrected chi connectivity index (χ2v) is 4.64. The van der Waals surface area contributed by atoms with E-state index in [2.05, 4.69) is 23.8 Å². The Balaban J connectivity index is 2.37. The number of nitrogens with one attached hydrogen (secondary N) is 1. The quantitative estimate of drug-likeness (QED) is 0.865. The Labute approximate surface area is 98.0 Å². The molecule has 0 fully saturated rings. The molecule has 17 heavy (non-hydrogen) atoms. The van der Waals surface area contributed by atoms with Gasteiger partial charge in [0.25, 0.3) is 0 Å². The summed E-state index contributed by atoms with van der Waals surface area (Å²) in [5.41, 5.74) is 6.83. The van der Waals surface area contributed by atoms with E-state index in [1.807, 2.05) is 0 Å². The van der Waals surface area contributed by atoms with Crippen molar-refractivity contribution in [1.29, 1.82) is 0 Å². The molecule has 0 amide bonds. The summed E-state index contributed by atoms with van der Waals surface area (Å²) >= 11 is 0. The first-order valence-corrected chi connectivity index (χ1v) is 5.57. The molecule has 1 unspecified atom stereocenters. The van der Waals surface area contributed by atoms with Gasteiger partial charge in [-0.2, -0.15) is 0 Å². The minimum absolute atomic E-state index is 0.242. The molecule has 3 N–H and O–H groups in total. The first-order valence-electron chi connectivity index (χ1n) is 5.57. The third-order valence-corrected chi connectivity index (χ3v) is 2.62. The summed E-state index contributed by atoms with van der Waals surface area (Å²) in [6, 6.07) is 1.93. The third-order valence-electron chi connectivity index (χ3n) is 2.62. The van der Waals surface area contributed by atoms with Crippen molar-refractivity contribution < 1.29 is 8.78 Å². The van der Waals surface area contributed by atoms with Crippen LogP contribution in [0, 0.1) is 17.6 Å². The van der Waals surface area contributed by atoms with Crippen molar-refractivity contribution in [1.82, 2.24) is 9.97 Å². The minimum atomic E-state index is -0.895. The Hall–Kier alpha value is -1.49. The number of imidazole rings is 1. The second-order valence-electron chi connectivity index (χ2n) is 4.64. The van der Waals surface area contributed by atoms with Crippen LogP contribution in [0.1, 0.15) is 32.1 Å². The number of benzene rings is 1. The summed E-state index contributed by atoms with van der Waals surface area (Å²) in [5.74, 6) is -0.775. The monoisotopic (exact) mass is 239 g/mol. The number of H-pyrrole nitrogens is 1. The number of halogens is 2. The lowest BCUT2D eigenvalue weighted by molar-refractivity contribution is 0.496. The number of hydrogen-bond acceptors (Lipinski definition) is 2. The molecule has 1 heterocycles. The normalized spacial score (nSPS) is 13.5. The van der Waals surface area contributed by atoms with Gasteiger partial charge in [-0.1, -0.05) is 13.8 Å². The van der Waals surface area contributed by atoms with E-state index < -0.39 is 11.6 Å². The van der Waals surface area contributed by atoms with E-state index in [1.165, 1.54) is 0 Å². The van der Waals surface area contributed by atoms with E-state index in [0.29, 0.717) is 22.8 Å². The highest BCUT2D eigenvalue weighted by Gasteiger charge is 2.14. The summed E-state index contributed by atoms with van der Waals surface area (Å²) in [6.07, 6.45) is 0.769. The number of aromatic nitrogens is 2. The van der Waals surface area contributed by atoms with Crippen molar-refractivity contribution in [2.75, 3.05) is 0 Å². The van der Waals surface area contributed by atoms with Crippen molar-refractivity contribution in [2.45, 2.75) is 26.3 Å². The number of aromatic amines is 1. The van der Waals surface area contributed by atoms with Crippen LogP contribution in [0.25, 0.3) is 11.0 Å². The van der Waals surface area contributed by atoms with Crippen molar-refractivity contribution in [3.63, 3.8) is 0 Å². The first kappa shape index (κ1) is 12.0. The number of nitrogens with two attached hydrogens (primary N) is 1. The lowest BCUT2D eigenvalue weighted by Crippen LogP contribution is -2.14. The van der Waals surface area contributed by atoms with Gasteiger partial charge in [-0.15, -0.1) is 0 Å². The molecular weight excluding hydrogens is 224 g/mol. The molecule has 0 aliphatic heterocycles. The van der Waals surface area contributed by atoms with E-state index in [1.54, 1.807) is 0 Å². The lowest BCUT2D eigenvalue weighted by Gasteiger charge is -2.10. The van der Waals surface area contributed by atoms with Crippen molar-refractivity contribution in [3.05, 3.63) is 29.6 Å². The van der Waals surface area contributed by atoms with Gasteiger partial charge in [0.2, 0.25) is 0 Å². The summed E-state index contributed by atoms with van der Waals surface area (Å²) in [6.45, 7) is 4.11. The van der Waals surface area contributed by atoms with E-state index in [9.17, 15) is 8.78 Å². The van der Waals surface area contributed by atoms with Gasteiger partial charge >= 0.3 is 0 Å². The van der Waals surface area contributed by atoms with Crippen molar-refractivity contribution in [3.8, 4) is 0 Å². The van der Waals surface area contributed by atoms with Gasteiger partial charge < -0.3 is 10.7 Å². The highest BCUT2D eigenvalue weighted by Crippen LogP contribution is 2.21. The largest absolute Gasteiger partial charge is 0.341 e. The van der Waals surface area contributed by atoms with Crippen LogP contribution >= 0.6 is 0 Å². The van der Waals surface area contributed by atoms with Gasteiger partial charge in [0.05, 0.1) is 17.1 Å². The smallest absolute Gasteiger partial charge is 0.161 e. The fourth-order valence-electron chi connectivity index (χ4n) is 1.82. The van der Waals surface area contributed by atoms with Gasteiger partial charge in [0.1, 0.15) is 5.82 Å². The molecule has 1 atom stereocenters. The Kier molecular flexibility index (Phi) is 3.11. The Morgan fingerprint density at radius 1 is 1.29 bits per heavy atom. The van der Waals surface area contributed by atoms with Gasteiger partial charge in [-0.3, -0.25) is 0 Å². The highest BCUT2D eigenvalue weighted by atomic mass is 19.2. The molecule has 0 saturated heterocycles. The number of hydrogen-bond donors (Lipinski definition) is 2. The van der Waals surface area contributed by atoms with E-state index in [4.69, 9.17) is 5.73 Å². The lowest BCUT2D eigenvalue weighted by atomic mass is 10.0.